The molecule has 4 rings (SSSR count). The van der Waals surface area contributed by atoms with Crippen molar-refractivity contribution in [2.45, 2.75) is 19.4 Å². The number of amides is 1. The summed E-state index contributed by atoms with van der Waals surface area (Å²) in [6, 6.07) is 3.97. The Bertz CT molecular complexity index is 879. The van der Waals surface area contributed by atoms with Crippen LogP contribution in [0.1, 0.15) is 23.5 Å². The average molecular weight is 341 g/mol. The lowest BCUT2D eigenvalue weighted by Crippen LogP contribution is -2.71. The molecule has 124 valence electrons. The van der Waals surface area contributed by atoms with E-state index in [0.717, 1.165) is 45.1 Å². The SMILES string of the molecule is CC=Nc1ccc2sc3c(c2c1N=CC)NCC1(CNC1)NC3=O. The summed E-state index contributed by atoms with van der Waals surface area (Å²) in [4.78, 5) is 22.4. The number of hydrogen-bond acceptors (Lipinski definition) is 6. The summed E-state index contributed by atoms with van der Waals surface area (Å²) < 4.78 is 1.04. The van der Waals surface area contributed by atoms with Crippen molar-refractivity contribution in [3.05, 3.63) is 17.0 Å². The van der Waals surface area contributed by atoms with E-state index in [-0.39, 0.29) is 11.4 Å². The number of nitrogens with zero attached hydrogens (tertiary/aromatic N) is 2. The summed E-state index contributed by atoms with van der Waals surface area (Å²) in [5.41, 5.74) is 2.32. The first kappa shape index (κ1) is 15.3. The van der Waals surface area contributed by atoms with E-state index < -0.39 is 0 Å². The summed E-state index contributed by atoms with van der Waals surface area (Å²) >= 11 is 1.50. The Morgan fingerprint density at radius 3 is 2.62 bits per heavy atom. The number of carbonyl (C=O) groups excluding carboxylic acids is 1. The van der Waals surface area contributed by atoms with Crippen molar-refractivity contribution in [1.29, 1.82) is 0 Å². The van der Waals surface area contributed by atoms with Crippen LogP contribution in [0.3, 0.4) is 0 Å². The number of thiophene rings is 1. The predicted molar refractivity (Wildman–Crippen MR) is 101 cm³/mol. The minimum atomic E-state index is -0.185. The van der Waals surface area contributed by atoms with Crippen molar-refractivity contribution < 1.29 is 4.79 Å². The highest BCUT2D eigenvalue weighted by Gasteiger charge is 2.41. The second kappa shape index (κ2) is 5.68. The molecule has 2 aromatic rings. The molecule has 1 spiro atoms. The first-order valence-corrected chi connectivity index (χ1v) is 8.83. The van der Waals surface area contributed by atoms with E-state index in [4.69, 9.17) is 0 Å². The molecule has 1 aromatic carbocycles. The van der Waals surface area contributed by atoms with Crippen LogP contribution in [0.4, 0.5) is 17.1 Å². The van der Waals surface area contributed by atoms with E-state index in [1.54, 1.807) is 12.4 Å². The van der Waals surface area contributed by atoms with E-state index in [0.29, 0.717) is 6.54 Å². The number of carbonyl (C=O) groups is 1. The molecule has 24 heavy (non-hydrogen) atoms. The number of rotatable bonds is 2. The smallest absolute Gasteiger partial charge is 0.264 e. The fourth-order valence-electron chi connectivity index (χ4n) is 3.23. The molecule has 2 aliphatic rings. The molecule has 2 aliphatic heterocycles. The molecule has 0 unspecified atom stereocenters. The monoisotopic (exact) mass is 341 g/mol. The maximum Gasteiger partial charge on any atom is 0.264 e. The predicted octanol–water partition coefficient (Wildman–Crippen LogP) is 2.84. The van der Waals surface area contributed by atoms with Gasteiger partial charge in [-0.05, 0) is 26.0 Å². The molecule has 1 aromatic heterocycles. The molecule has 3 N–H and O–H groups in total. The largest absolute Gasteiger partial charge is 0.381 e. The normalized spacial score (nSPS) is 19.3. The summed E-state index contributed by atoms with van der Waals surface area (Å²) in [7, 11) is 0. The number of anilines is 1. The molecule has 0 radical (unpaired) electrons. The number of fused-ring (bicyclic) bond motifs is 3. The van der Waals surface area contributed by atoms with Crippen molar-refractivity contribution in [1.82, 2.24) is 10.6 Å². The third-order valence-corrected chi connectivity index (χ3v) is 5.60. The van der Waals surface area contributed by atoms with Crippen LogP contribution in [0, 0.1) is 0 Å². The van der Waals surface area contributed by atoms with Crippen LogP contribution in [0.2, 0.25) is 0 Å². The van der Waals surface area contributed by atoms with Crippen molar-refractivity contribution >= 4 is 56.8 Å². The van der Waals surface area contributed by atoms with Gasteiger partial charge in [-0.25, -0.2) is 0 Å². The van der Waals surface area contributed by atoms with E-state index in [2.05, 4.69) is 25.9 Å². The Kier molecular flexibility index (Phi) is 3.62. The third-order valence-electron chi connectivity index (χ3n) is 4.45. The summed E-state index contributed by atoms with van der Waals surface area (Å²) in [5.74, 6) is -0.00956. The number of hydrogen-bond donors (Lipinski definition) is 3. The van der Waals surface area contributed by atoms with Crippen molar-refractivity contribution in [3.8, 4) is 0 Å². The lowest BCUT2D eigenvalue weighted by molar-refractivity contribution is 0.0878. The first-order chi connectivity index (χ1) is 11.7. The fourth-order valence-corrected chi connectivity index (χ4v) is 4.31. The van der Waals surface area contributed by atoms with Gasteiger partial charge >= 0.3 is 0 Å². The molecule has 0 aliphatic carbocycles. The van der Waals surface area contributed by atoms with E-state index in [9.17, 15) is 4.79 Å². The van der Waals surface area contributed by atoms with Crippen LogP contribution in [-0.4, -0.2) is 43.5 Å². The maximum absolute atomic E-state index is 12.7. The van der Waals surface area contributed by atoms with Crippen LogP contribution >= 0.6 is 11.3 Å². The third kappa shape index (κ3) is 2.23. The number of nitrogens with one attached hydrogen (secondary N) is 3. The van der Waals surface area contributed by atoms with Gasteiger partial charge in [0.1, 0.15) is 4.88 Å². The van der Waals surface area contributed by atoms with Gasteiger partial charge in [0, 0.05) is 42.1 Å². The molecule has 1 amide bonds. The van der Waals surface area contributed by atoms with Crippen molar-refractivity contribution in [3.63, 3.8) is 0 Å². The van der Waals surface area contributed by atoms with Gasteiger partial charge in [-0.1, -0.05) is 0 Å². The van der Waals surface area contributed by atoms with Gasteiger partial charge in [0.15, 0.2) is 0 Å². The van der Waals surface area contributed by atoms with Gasteiger partial charge < -0.3 is 16.0 Å². The fraction of sp³-hybridized carbons (Fsp3) is 0.353. The van der Waals surface area contributed by atoms with Crippen LogP contribution in [-0.2, 0) is 0 Å². The zero-order valence-corrected chi connectivity index (χ0v) is 14.5. The van der Waals surface area contributed by atoms with E-state index >= 15 is 0 Å². The summed E-state index contributed by atoms with van der Waals surface area (Å²) in [5, 5.41) is 10.9. The molecule has 1 saturated heterocycles. The Balaban J connectivity index is 1.93. The number of benzene rings is 1. The Morgan fingerprint density at radius 2 is 1.96 bits per heavy atom. The first-order valence-electron chi connectivity index (χ1n) is 8.01. The second-order valence-electron chi connectivity index (χ2n) is 6.08. The van der Waals surface area contributed by atoms with Crippen LogP contribution in [0.15, 0.2) is 22.1 Å². The molecule has 6 nitrogen and oxygen atoms in total. The molecular formula is C17H19N5OS. The summed E-state index contributed by atoms with van der Waals surface area (Å²) in [6.45, 7) is 6.07. The van der Waals surface area contributed by atoms with Crippen LogP contribution in [0.5, 0.6) is 0 Å². The van der Waals surface area contributed by atoms with Gasteiger partial charge in [-0.3, -0.25) is 14.8 Å². The number of aliphatic imine (C=N–C) groups is 2. The lowest BCUT2D eigenvalue weighted by atomic mass is 9.92. The maximum atomic E-state index is 12.7. The zero-order chi connectivity index (χ0) is 16.7. The second-order valence-corrected chi connectivity index (χ2v) is 7.13. The molecule has 0 bridgehead atoms. The van der Waals surface area contributed by atoms with Gasteiger partial charge in [0.2, 0.25) is 0 Å². The van der Waals surface area contributed by atoms with E-state index in [1.807, 2.05) is 26.0 Å². The van der Waals surface area contributed by atoms with Crippen molar-refractivity contribution in [2.24, 2.45) is 9.98 Å². The molecule has 7 heteroatoms. The topological polar surface area (TPSA) is 77.9 Å². The molecule has 0 atom stereocenters. The minimum absolute atomic E-state index is 0.00956. The van der Waals surface area contributed by atoms with Crippen LogP contribution in [0.25, 0.3) is 10.1 Å². The van der Waals surface area contributed by atoms with Crippen LogP contribution < -0.4 is 16.0 Å². The van der Waals surface area contributed by atoms with E-state index in [1.165, 1.54) is 11.3 Å². The Morgan fingerprint density at radius 1 is 1.17 bits per heavy atom. The highest BCUT2D eigenvalue weighted by Crippen LogP contribution is 2.46. The minimum Gasteiger partial charge on any atom is -0.381 e. The molecule has 1 fully saturated rings. The summed E-state index contributed by atoms with van der Waals surface area (Å²) in [6.07, 6.45) is 3.53. The average Bonchev–Trinajstić information content (AvgIpc) is 2.84. The Labute approximate surface area is 144 Å². The highest BCUT2D eigenvalue weighted by molar-refractivity contribution is 7.21. The van der Waals surface area contributed by atoms with Crippen molar-refractivity contribution in [2.75, 3.05) is 25.0 Å². The standard InChI is InChI=1S/C17H19N5OS/c1-3-19-10-5-6-11-12(13(10)20-4-2)14-15(24-11)16(23)22-17(9-21-14)7-18-8-17/h3-6,18,21H,7-9H2,1-2H3,(H,22,23). The lowest BCUT2D eigenvalue weighted by Gasteiger charge is -2.42. The molecular weight excluding hydrogens is 322 g/mol. The Hall–Kier alpha value is -2.25. The quantitative estimate of drug-likeness (QED) is 0.735. The molecule has 3 heterocycles. The highest BCUT2D eigenvalue weighted by atomic mass is 32.1. The van der Waals surface area contributed by atoms with Gasteiger partial charge in [-0.15, -0.1) is 11.3 Å². The van der Waals surface area contributed by atoms with Gasteiger partial charge in [0.05, 0.1) is 22.6 Å². The van der Waals surface area contributed by atoms with Gasteiger partial charge in [-0.2, -0.15) is 0 Å². The van der Waals surface area contributed by atoms with Gasteiger partial charge in [0.25, 0.3) is 5.91 Å². The molecule has 0 saturated carbocycles. The zero-order valence-electron chi connectivity index (χ0n) is 13.6.